The summed E-state index contributed by atoms with van der Waals surface area (Å²) in [4.78, 5) is 4.91. The van der Waals surface area contributed by atoms with Gasteiger partial charge < -0.3 is 11.5 Å². The van der Waals surface area contributed by atoms with Crippen LogP contribution in [0.1, 0.15) is 49.3 Å². The lowest BCUT2D eigenvalue weighted by Gasteiger charge is -2.42. The van der Waals surface area contributed by atoms with Gasteiger partial charge in [-0.05, 0) is 60.6 Å². The number of allylic oxidation sites excluding steroid dienone is 1. The third kappa shape index (κ3) is 3.52. The molecule has 0 radical (unpaired) electrons. The molecule has 0 saturated heterocycles. The quantitative estimate of drug-likeness (QED) is 0.513. The largest absolute Gasteiger partial charge is 0.386 e. The number of benzene rings is 2. The van der Waals surface area contributed by atoms with Crippen molar-refractivity contribution in [2.45, 2.75) is 43.6 Å². The fourth-order valence-electron chi connectivity index (χ4n) is 3.79. The average Bonchev–Trinajstić information content (AvgIpc) is 3.45. The molecule has 5 heteroatoms. The molecule has 2 aliphatic rings. The second-order valence-corrected chi connectivity index (χ2v) is 8.27. The van der Waals surface area contributed by atoms with Crippen molar-refractivity contribution >= 4 is 29.0 Å². The lowest BCUT2D eigenvalue weighted by molar-refractivity contribution is 0.338. The minimum atomic E-state index is -0.364. The summed E-state index contributed by atoms with van der Waals surface area (Å²) >= 11 is 12.4. The fourth-order valence-corrected chi connectivity index (χ4v) is 4.17. The Hall–Kier alpha value is -1.81. The highest BCUT2D eigenvalue weighted by Gasteiger charge is 2.43. The summed E-state index contributed by atoms with van der Waals surface area (Å²) in [5.41, 5.74) is 17.2. The second-order valence-electron chi connectivity index (χ2n) is 7.43. The van der Waals surface area contributed by atoms with Crippen LogP contribution in [0.15, 0.2) is 64.8 Å². The molecular weight excluding hydrogens is 377 g/mol. The number of amidine groups is 1. The zero-order chi connectivity index (χ0) is 19.0. The highest BCUT2D eigenvalue weighted by molar-refractivity contribution is 6.31. The standard InChI is InChI=1S/C22H23Cl2N3/c23-16-10-8-15(9-11-16)22(12-3-13-22)21(26)27-20(14-6-7-14)19(25)17-4-1-2-5-18(17)24/h1-2,4-5,8-11,19H,3,6-7,12-13,25H2,(H2,26,27). The van der Waals surface area contributed by atoms with Crippen molar-refractivity contribution in [3.63, 3.8) is 0 Å². The van der Waals surface area contributed by atoms with Crippen molar-refractivity contribution in [1.29, 1.82) is 0 Å². The highest BCUT2D eigenvalue weighted by Crippen LogP contribution is 2.46. The molecule has 2 aromatic carbocycles. The van der Waals surface area contributed by atoms with Crippen LogP contribution >= 0.6 is 23.2 Å². The first-order valence-corrected chi connectivity index (χ1v) is 10.1. The first-order chi connectivity index (χ1) is 13.0. The van der Waals surface area contributed by atoms with Crippen LogP contribution in [-0.2, 0) is 5.41 Å². The van der Waals surface area contributed by atoms with E-state index < -0.39 is 0 Å². The lowest BCUT2D eigenvalue weighted by Crippen LogP contribution is -2.47. The van der Waals surface area contributed by atoms with Crippen molar-refractivity contribution in [3.05, 3.63) is 81.0 Å². The number of halogens is 2. The molecule has 0 amide bonds. The van der Waals surface area contributed by atoms with Gasteiger partial charge >= 0.3 is 0 Å². The van der Waals surface area contributed by atoms with E-state index in [4.69, 9.17) is 39.7 Å². The van der Waals surface area contributed by atoms with Crippen LogP contribution in [0.3, 0.4) is 0 Å². The summed E-state index contributed by atoms with van der Waals surface area (Å²) in [7, 11) is 0. The average molecular weight is 400 g/mol. The Morgan fingerprint density at radius 2 is 1.67 bits per heavy atom. The number of nitrogens with two attached hydrogens (primary N) is 2. The van der Waals surface area contributed by atoms with E-state index in [1.165, 1.54) is 11.1 Å². The Morgan fingerprint density at radius 1 is 1.00 bits per heavy atom. The Balaban J connectivity index is 1.70. The molecule has 27 heavy (non-hydrogen) atoms. The molecule has 0 aliphatic heterocycles. The van der Waals surface area contributed by atoms with Gasteiger partial charge in [-0.2, -0.15) is 0 Å². The topological polar surface area (TPSA) is 64.4 Å². The van der Waals surface area contributed by atoms with E-state index in [1.54, 1.807) is 0 Å². The Bertz CT molecular complexity index is 905. The van der Waals surface area contributed by atoms with Crippen molar-refractivity contribution in [1.82, 2.24) is 0 Å². The molecule has 0 bridgehead atoms. The Morgan fingerprint density at radius 3 is 2.22 bits per heavy atom. The summed E-state index contributed by atoms with van der Waals surface area (Å²) in [6.07, 6.45) is 5.18. The van der Waals surface area contributed by atoms with E-state index in [0.717, 1.165) is 48.4 Å². The van der Waals surface area contributed by atoms with Crippen LogP contribution < -0.4 is 11.5 Å². The van der Waals surface area contributed by atoms with Gasteiger partial charge in [0, 0.05) is 10.0 Å². The van der Waals surface area contributed by atoms with Crippen molar-refractivity contribution in [2.75, 3.05) is 0 Å². The maximum atomic E-state index is 6.60. The summed E-state index contributed by atoms with van der Waals surface area (Å²) in [6, 6.07) is 15.3. The van der Waals surface area contributed by atoms with Gasteiger partial charge in [0.25, 0.3) is 0 Å². The number of hydrogen-bond donors (Lipinski definition) is 2. The molecule has 4 N–H and O–H groups in total. The Labute approximate surface area is 170 Å². The molecule has 2 aromatic rings. The van der Waals surface area contributed by atoms with Crippen molar-refractivity contribution in [2.24, 2.45) is 16.5 Å². The van der Waals surface area contributed by atoms with E-state index in [2.05, 4.69) is 12.1 Å². The summed E-state index contributed by atoms with van der Waals surface area (Å²) in [5.74, 6) is 0.646. The zero-order valence-electron chi connectivity index (χ0n) is 15.1. The van der Waals surface area contributed by atoms with E-state index in [-0.39, 0.29) is 11.5 Å². The van der Waals surface area contributed by atoms with Crippen LogP contribution in [0.25, 0.3) is 0 Å². The molecule has 0 heterocycles. The number of nitrogens with zero attached hydrogens (tertiary/aromatic N) is 1. The third-order valence-corrected chi connectivity index (χ3v) is 6.33. The maximum absolute atomic E-state index is 6.60. The molecule has 4 rings (SSSR count). The van der Waals surface area contributed by atoms with E-state index in [0.29, 0.717) is 10.9 Å². The minimum Gasteiger partial charge on any atom is -0.386 e. The number of rotatable bonds is 5. The van der Waals surface area contributed by atoms with Crippen LogP contribution in [0.5, 0.6) is 0 Å². The predicted octanol–water partition coefficient (Wildman–Crippen LogP) is 5.52. The van der Waals surface area contributed by atoms with Gasteiger partial charge in [0.15, 0.2) is 0 Å². The first-order valence-electron chi connectivity index (χ1n) is 9.34. The molecule has 3 nitrogen and oxygen atoms in total. The van der Waals surface area contributed by atoms with Gasteiger partial charge in [-0.15, -0.1) is 0 Å². The van der Waals surface area contributed by atoms with Crippen LogP contribution in [0, 0.1) is 0 Å². The molecule has 0 spiro atoms. The molecule has 2 saturated carbocycles. The maximum Gasteiger partial charge on any atom is 0.110 e. The monoisotopic (exact) mass is 399 g/mol. The number of aliphatic imine (C=N–C) groups is 1. The van der Waals surface area contributed by atoms with Gasteiger partial charge in [-0.3, -0.25) is 0 Å². The molecule has 0 aromatic heterocycles. The predicted molar refractivity (Wildman–Crippen MR) is 113 cm³/mol. The number of hydrogen-bond acceptors (Lipinski definition) is 2. The molecule has 1 unspecified atom stereocenters. The van der Waals surface area contributed by atoms with Gasteiger partial charge in [0.05, 0.1) is 17.2 Å². The second kappa shape index (κ2) is 7.31. The molecule has 2 fully saturated rings. The highest BCUT2D eigenvalue weighted by atomic mass is 35.5. The van der Waals surface area contributed by atoms with Gasteiger partial charge in [0.1, 0.15) is 5.84 Å². The summed E-state index contributed by atoms with van der Waals surface area (Å²) in [6.45, 7) is 0. The normalized spacial score (nSPS) is 19.4. The van der Waals surface area contributed by atoms with E-state index in [9.17, 15) is 0 Å². The molecule has 1 atom stereocenters. The SMILES string of the molecule is NC(=NC(=C1CC1)C(N)c1ccccc1Cl)C1(c2ccc(Cl)cc2)CCC1. The summed E-state index contributed by atoms with van der Waals surface area (Å²) in [5, 5.41) is 1.39. The minimum absolute atomic E-state index is 0.217. The van der Waals surface area contributed by atoms with Crippen molar-refractivity contribution < 1.29 is 0 Å². The van der Waals surface area contributed by atoms with E-state index >= 15 is 0 Å². The molecule has 140 valence electrons. The summed E-state index contributed by atoms with van der Waals surface area (Å²) < 4.78 is 0. The zero-order valence-corrected chi connectivity index (χ0v) is 16.6. The Kier molecular flexibility index (Phi) is 5.02. The molecular formula is C22H23Cl2N3. The first kappa shape index (κ1) is 18.5. The fraction of sp³-hybridized carbons (Fsp3) is 0.318. The van der Waals surface area contributed by atoms with Gasteiger partial charge in [-0.25, -0.2) is 4.99 Å². The van der Waals surface area contributed by atoms with Crippen LogP contribution in [0.2, 0.25) is 10.0 Å². The lowest BCUT2D eigenvalue weighted by atomic mass is 9.63. The van der Waals surface area contributed by atoms with Crippen molar-refractivity contribution in [3.8, 4) is 0 Å². The smallest absolute Gasteiger partial charge is 0.110 e. The van der Waals surface area contributed by atoms with Gasteiger partial charge in [-0.1, -0.05) is 60.0 Å². The molecule has 2 aliphatic carbocycles. The third-order valence-electron chi connectivity index (χ3n) is 5.73. The van der Waals surface area contributed by atoms with Crippen LogP contribution in [-0.4, -0.2) is 5.84 Å². The van der Waals surface area contributed by atoms with Crippen LogP contribution in [0.4, 0.5) is 0 Å². The van der Waals surface area contributed by atoms with Gasteiger partial charge in [0.2, 0.25) is 0 Å². The van der Waals surface area contributed by atoms with E-state index in [1.807, 2.05) is 36.4 Å².